The summed E-state index contributed by atoms with van der Waals surface area (Å²) < 4.78 is 14.6. The summed E-state index contributed by atoms with van der Waals surface area (Å²) in [5.41, 5.74) is 2.02. The van der Waals surface area contributed by atoms with Crippen molar-refractivity contribution in [3.05, 3.63) is 77.0 Å². The highest BCUT2D eigenvalue weighted by molar-refractivity contribution is 6.31. The van der Waals surface area contributed by atoms with Gasteiger partial charge in [-0.1, -0.05) is 29.8 Å². The van der Waals surface area contributed by atoms with Gasteiger partial charge in [-0.15, -0.1) is 0 Å². The van der Waals surface area contributed by atoms with Crippen LogP contribution in [0.2, 0.25) is 5.15 Å². The molecular formula is C20H18ClFN4O2. The molecule has 2 aromatic heterocycles. The van der Waals surface area contributed by atoms with Crippen LogP contribution in [-0.2, 0) is 16.0 Å². The second-order valence-electron chi connectivity index (χ2n) is 5.99. The summed E-state index contributed by atoms with van der Waals surface area (Å²) in [4.78, 5) is 28.0. The first-order valence-corrected chi connectivity index (χ1v) is 9.00. The summed E-state index contributed by atoms with van der Waals surface area (Å²) in [5, 5.41) is 5.68. The molecule has 28 heavy (non-hydrogen) atoms. The number of rotatable bonds is 7. The zero-order chi connectivity index (χ0) is 19.9. The number of nitrogens with one attached hydrogen (secondary N) is 2. The largest absolute Gasteiger partial charge is 0.354 e. The van der Waals surface area contributed by atoms with Gasteiger partial charge >= 0.3 is 0 Å². The molecule has 0 aliphatic carbocycles. The van der Waals surface area contributed by atoms with Gasteiger partial charge in [0.05, 0.1) is 12.1 Å². The molecule has 3 rings (SSSR count). The first-order valence-electron chi connectivity index (χ1n) is 8.62. The predicted molar refractivity (Wildman–Crippen MR) is 105 cm³/mol. The van der Waals surface area contributed by atoms with Gasteiger partial charge in [0.1, 0.15) is 11.5 Å². The zero-order valence-corrected chi connectivity index (χ0v) is 15.6. The van der Waals surface area contributed by atoms with Gasteiger partial charge in [-0.25, -0.2) is 9.37 Å². The number of hydrogen-bond acceptors (Lipinski definition) is 3. The zero-order valence-electron chi connectivity index (χ0n) is 14.9. The molecule has 0 saturated heterocycles. The molecule has 144 valence electrons. The van der Waals surface area contributed by atoms with Gasteiger partial charge in [0.2, 0.25) is 11.8 Å². The monoisotopic (exact) mass is 400 g/mol. The van der Waals surface area contributed by atoms with E-state index < -0.39 is 0 Å². The van der Waals surface area contributed by atoms with E-state index in [1.807, 2.05) is 24.4 Å². The quantitative estimate of drug-likeness (QED) is 0.473. The molecule has 0 bridgehead atoms. The van der Waals surface area contributed by atoms with Crippen LogP contribution in [0.25, 0.3) is 11.7 Å². The third-order valence-electron chi connectivity index (χ3n) is 3.94. The van der Waals surface area contributed by atoms with Crippen molar-refractivity contribution in [3.63, 3.8) is 0 Å². The Balaban J connectivity index is 1.43. The number of benzene rings is 1. The number of aromatic nitrogens is 2. The number of carbonyl (C=O) groups excluding carboxylic acids is 2. The van der Waals surface area contributed by atoms with E-state index in [9.17, 15) is 14.0 Å². The topological polar surface area (TPSA) is 75.5 Å². The maximum atomic E-state index is 12.8. The summed E-state index contributed by atoms with van der Waals surface area (Å²) in [6.45, 7) is 0.565. The van der Waals surface area contributed by atoms with Crippen molar-refractivity contribution in [1.29, 1.82) is 0 Å². The number of carbonyl (C=O) groups is 2. The lowest BCUT2D eigenvalue weighted by atomic mass is 10.1. The number of nitrogens with zero attached hydrogens (tertiary/aromatic N) is 2. The molecule has 2 heterocycles. The molecule has 0 radical (unpaired) electrons. The number of imidazole rings is 1. The summed E-state index contributed by atoms with van der Waals surface area (Å²) in [6.07, 6.45) is 4.91. The Kier molecular flexibility index (Phi) is 6.39. The van der Waals surface area contributed by atoms with E-state index in [1.54, 1.807) is 22.6 Å². The minimum atomic E-state index is -0.342. The fraction of sp³-hybridized carbons (Fsp3) is 0.150. The highest BCUT2D eigenvalue weighted by Crippen LogP contribution is 2.18. The van der Waals surface area contributed by atoms with Gasteiger partial charge in [0, 0.05) is 25.4 Å². The van der Waals surface area contributed by atoms with E-state index in [1.165, 1.54) is 18.2 Å². The smallest absolute Gasteiger partial charge is 0.244 e. The van der Waals surface area contributed by atoms with Gasteiger partial charge in [0.15, 0.2) is 5.15 Å². The molecule has 2 amide bonds. The van der Waals surface area contributed by atoms with E-state index in [4.69, 9.17) is 11.6 Å². The number of hydrogen-bond donors (Lipinski definition) is 2. The summed E-state index contributed by atoms with van der Waals surface area (Å²) in [6, 6.07) is 11.3. The average molecular weight is 401 g/mol. The normalized spacial score (nSPS) is 11.1. The van der Waals surface area contributed by atoms with Crippen LogP contribution in [0.1, 0.15) is 11.3 Å². The Morgan fingerprint density at radius 1 is 1.11 bits per heavy atom. The van der Waals surface area contributed by atoms with Crippen LogP contribution in [0.5, 0.6) is 0 Å². The molecule has 3 aromatic rings. The maximum absolute atomic E-state index is 12.8. The van der Waals surface area contributed by atoms with Gasteiger partial charge in [-0.3, -0.25) is 14.0 Å². The molecule has 8 heteroatoms. The molecule has 0 saturated carbocycles. The van der Waals surface area contributed by atoms with Crippen LogP contribution in [0.4, 0.5) is 4.39 Å². The SMILES string of the molecule is O=C(/C=C/c1c(Cl)nc2ccccn12)NCCNC(=O)Cc1ccc(F)cc1. The Labute approximate surface area is 166 Å². The van der Waals surface area contributed by atoms with Gasteiger partial charge in [0.25, 0.3) is 0 Å². The van der Waals surface area contributed by atoms with Crippen LogP contribution in [0.3, 0.4) is 0 Å². The fourth-order valence-electron chi connectivity index (χ4n) is 2.59. The highest BCUT2D eigenvalue weighted by Gasteiger charge is 2.07. The third-order valence-corrected chi connectivity index (χ3v) is 4.22. The van der Waals surface area contributed by atoms with Crippen molar-refractivity contribution in [1.82, 2.24) is 20.0 Å². The summed E-state index contributed by atoms with van der Waals surface area (Å²) in [5.74, 6) is -0.853. The second-order valence-corrected chi connectivity index (χ2v) is 6.35. The molecule has 0 aliphatic heterocycles. The molecule has 0 unspecified atom stereocenters. The lowest BCUT2D eigenvalue weighted by Gasteiger charge is -2.06. The Bertz CT molecular complexity index is 1010. The number of pyridine rings is 1. The number of halogens is 2. The minimum Gasteiger partial charge on any atom is -0.354 e. The van der Waals surface area contributed by atoms with Crippen LogP contribution in [-0.4, -0.2) is 34.3 Å². The first-order chi connectivity index (χ1) is 13.5. The van der Waals surface area contributed by atoms with Crippen molar-refractivity contribution in [2.45, 2.75) is 6.42 Å². The first kappa shape index (κ1) is 19.6. The minimum absolute atomic E-state index is 0.154. The maximum Gasteiger partial charge on any atom is 0.244 e. The number of amides is 2. The summed E-state index contributed by atoms with van der Waals surface area (Å²) in [7, 11) is 0. The van der Waals surface area contributed by atoms with Crippen molar-refractivity contribution >= 4 is 35.1 Å². The Hall–Kier alpha value is -3.19. The van der Waals surface area contributed by atoms with E-state index in [-0.39, 0.29) is 37.1 Å². The standard InChI is InChI=1S/C20H18ClFN4O2/c21-20-16(26-12-2-1-3-17(26)25-20)8-9-18(27)23-10-11-24-19(28)13-14-4-6-15(22)7-5-14/h1-9,12H,10-11,13H2,(H,23,27)(H,24,28)/b9-8+. The van der Waals surface area contributed by atoms with Gasteiger partial charge in [-0.05, 0) is 35.9 Å². The van der Waals surface area contributed by atoms with Crippen molar-refractivity contribution in [3.8, 4) is 0 Å². The lowest BCUT2D eigenvalue weighted by molar-refractivity contribution is -0.121. The van der Waals surface area contributed by atoms with Crippen molar-refractivity contribution < 1.29 is 14.0 Å². The van der Waals surface area contributed by atoms with E-state index in [0.29, 0.717) is 16.5 Å². The van der Waals surface area contributed by atoms with Crippen molar-refractivity contribution in [2.75, 3.05) is 13.1 Å². The summed E-state index contributed by atoms with van der Waals surface area (Å²) >= 11 is 6.10. The van der Waals surface area contributed by atoms with Crippen LogP contribution < -0.4 is 10.6 Å². The lowest BCUT2D eigenvalue weighted by Crippen LogP contribution is -2.34. The second kappa shape index (κ2) is 9.14. The molecular weight excluding hydrogens is 383 g/mol. The Morgan fingerprint density at radius 2 is 1.86 bits per heavy atom. The van der Waals surface area contributed by atoms with E-state index in [2.05, 4.69) is 15.6 Å². The molecule has 0 fully saturated rings. The molecule has 0 atom stereocenters. The highest BCUT2D eigenvalue weighted by atomic mass is 35.5. The van der Waals surface area contributed by atoms with Crippen molar-refractivity contribution in [2.24, 2.45) is 0 Å². The van der Waals surface area contributed by atoms with Gasteiger partial charge < -0.3 is 10.6 Å². The van der Waals surface area contributed by atoms with Crippen LogP contribution >= 0.6 is 11.6 Å². The average Bonchev–Trinajstić information content (AvgIpc) is 3.00. The van der Waals surface area contributed by atoms with E-state index >= 15 is 0 Å². The molecule has 0 aliphatic rings. The molecule has 1 aromatic carbocycles. The molecule has 6 nitrogen and oxygen atoms in total. The van der Waals surface area contributed by atoms with Crippen LogP contribution in [0.15, 0.2) is 54.7 Å². The predicted octanol–water partition coefficient (Wildman–Crippen LogP) is 2.62. The third kappa shape index (κ3) is 5.17. The van der Waals surface area contributed by atoms with E-state index in [0.717, 1.165) is 5.56 Å². The van der Waals surface area contributed by atoms with Gasteiger partial charge in [-0.2, -0.15) is 0 Å². The molecule has 0 spiro atoms. The fourth-order valence-corrected chi connectivity index (χ4v) is 2.83. The number of fused-ring (bicyclic) bond motifs is 1. The van der Waals surface area contributed by atoms with Crippen LogP contribution in [0, 0.1) is 5.82 Å². The molecule has 2 N–H and O–H groups in total. The Morgan fingerprint density at radius 3 is 2.64 bits per heavy atom.